The molecular weight excluding hydrogens is 396 g/mol. The van der Waals surface area contributed by atoms with Gasteiger partial charge in [-0.2, -0.15) is 0 Å². The minimum atomic E-state index is -0.435. The van der Waals surface area contributed by atoms with Crippen molar-refractivity contribution in [3.8, 4) is 17.2 Å². The fraction of sp³-hybridized carbons (Fsp3) is 0.0952. The molecule has 0 spiro atoms. The van der Waals surface area contributed by atoms with Crippen molar-refractivity contribution >= 4 is 21.9 Å². The van der Waals surface area contributed by atoms with Crippen LogP contribution < -0.4 is 14.2 Å². The first-order valence-corrected chi connectivity index (χ1v) is 8.77. The zero-order valence-corrected chi connectivity index (χ0v) is 15.7. The van der Waals surface area contributed by atoms with E-state index in [0.717, 1.165) is 15.8 Å². The molecule has 0 aliphatic heterocycles. The molecule has 0 N–H and O–H groups in total. The van der Waals surface area contributed by atoms with Gasteiger partial charge in [-0.25, -0.2) is 4.79 Å². The van der Waals surface area contributed by atoms with E-state index >= 15 is 0 Å². The number of carbonyl (C=O) groups is 1. The van der Waals surface area contributed by atoms with Crippen molar-refractivity contribution < 1.29 is 19.0 Å². The van der Waals surface area contributed by atoms with Crippen molar-refractivity contribution in [2.45, 2.75) is 6.61 Å². The Hall–Kier alpha value is -2.79. The monoisotopic (exact) mass is 412 g/mol. The number of carbonyl (C=O) groups excluding carboxylic acids is 1. The SMILES string of the molecule is COc1ccccc1OC(=O)c1ccc(COc2ccc(Br)cc2)cc1. The van der Waals surface area contributed by atoms with Crippen molar-refractivity contribution in [2.24, 2.45) is 0 Å². The Morgan fingerprint density at radius 2 is 1.54 bits per heavy atom. The molecule has 0 aliphatic carbocycles. The molecule has 0 radical (unpaired) electrons. The third kappa shape index (κ3) is 4.64. The summed E-state index contributed by atoms with van der Waals surface area (Å²) in [6.45, 7) is 0.420. The number of rotatable bonds is 6. The van der Waals surface area contributed by atoms with Crippen LogP contribution in [-0.4, -0.2) is 13.1 Å². The fourth-order valence-corrected chi connectivity index (χ4v) is 2.56. The smallest absolute Gasteiger partial charge is 0.343 e. The molecule has 0 saturated carbocycles. The first kappa shape index (κ1) is 18.0. The Labute approximate surface area is 160 Å². The zero-order chi connectivity index (χ0) is 18.4. The lowest BCUT2D eigenvalue weighted by Gasteiger charge is -2.09. The summed E-state index contributed by atoms with van der Waals surface area (Å²) in [4.78, 5) is 12.3. The van der Waals surface area contributed by atoms with Gasteiger partial charge in [-0.05, 0) is 54.1 Å². The van der Waals surface area contributed by atoms with E-state index in [1.807, 2.05) is 42.5 Å². The van der Waals surface area contributed by atoms with Crippen molar-refractivity contribution in [3.63, 3.8) is 0 Å². The van der Waals surface area contributed by atoms with Gasteiger partial charge in [0.25, 0.3) is 0 Å². The minimum Gasteiger partial charge on any atom is -0.493 e. The van der Waals surface area contributed by atoms with E-state index in [0.29, 0.717) is 23.7 Å². The largest absolute Gasteiger partial charge is 0.493 e. The van der Waals surface area contributed by atoms with Crippen LogP contribution in [0.3, 0.4) is 0 Å². The Morgan fingerprint density at radius 1 is 0.885 bits per heavy atom. The van der Waals surface area contributed by atoms with E-state index in [9.17, 15) is 4.79 Å². The molecule has 0 amide bonds. The summed E-state index contributed by atoms with van der Waals surface area (Å²) < 4.78 is 17.3. The molecule has 0 unspecified atom stereocenters. The van der Waals surface area contributed by atoms with Gasteiger partial charge in [0.1, 0.15) is 12.4 Å². The molecule has 26 heavy (non-hydrogen) atoms. The van der Waals surface area contributed by atoms with E-state index in [1.165, 1.54) is 7.11 Å². The van der Waals surface area contributed by atoms with E-state index in [2.05, 4.69) is 15.9 Å². The summed E-state index contributed by atoms with van der Waals surface area (Å²) in [6.07, 6.45) is 0. The molecule has 4 nitrogen and oxygen atoms in total. The molecule has 0 bridgehead atoms. The predicted octanol–water partition coefficient (Wildman–Crippen LogP) is 5.26. The van der Waals surface area contributed by atoms with Gasteiger partial charge in [0.15, 0.2) is 11.5 Å². The molecule has 0 atom stereocenters. The van der Waals surface area contributed by atoms with Gasteiger partial charge in [-0.1, -0.05) is 40.2 Å². The molecule has 3 aromatic rings. The number of para-hydroxylation sites is 2. The first-order chi connectivity index (χ1) is 12.7. The standard InChI is InChI=1S/C21H17BrO4/c1-24-19-4-2-3-5-20(19)26-21(23)16-8-6-15(7-9-16)14-25-18-12-10-17(22)11-13-18/h2-13H,14H2,1H3. The average molecular weight is 413 g/mol. The summed E-state index contributed by atoms with van der Waals surface area (Å²) in [5.41, 5.74) is 1.42. The molecule has 5 heteroatoms. The van der Waals surface area contributed by atoms with Crippen LogP contribution in [0.5, 0.6) is 17.2 Å². The highest BCUT2D eigenvalue weighted by molar-refractivity contribution is 9.10. The number of methoxy groups -OCH3 is 1. The van der Waals surface area contributed by atoms with Gasteiger partial charge in [0, 0.05) is 4.47 Å². The second-order valence-corrected chi connectivity index (χ2v) is 6.40. The molecule has 3 rings (SSSR count). The molecule has 0 aromatic heterocycles. The second kappa shape index (κ2) is 8.54. The number of halogens is 1. The maximum absolute atomic E-state index is 12.3. The summed E-state index contributed by atoms with van der Waals surface area (Å²) in [7, 11) is 1.53. The lowest BCUT2D eigenvalue weighted by molar-refractivity contribution is 0.0729. The Kier molecular flexibility index (Phi) is 5.92. The van der Waals surface area contributed by atoms with Crippen LogP contribution in [0, 0.1) is 0 Å². The number of esters is 1. The van der Waals surface area contributed by atoms with Crippen LogP contribution in [0.1, 0.15) is 15.9 Å². The third-order valence-corrected chi connectivity index (χ3v) is 4.21. The molecule has 0 heterocycles. The van der Waals surface area contributed by atoms with E-state index < -0.39 is 5.97 Å². The summed E-state index contributed by atoms with van der Waals surface area (Å²) in [5, 5.41) is 0. The van der Waals surface area contributed by atoms with Crippen molar-refractivity contribution in [3.05, 3.63) is 88.4 Å². The summed E-state index contributed by atoms with van der Waals surface area (Å²) >= 11 is 3.39. The van der Waals surface area contributed by atoms with Gasteiger partial charge >= 0.3 is 5.97 Å². The van der Waals surface area contributed by atoms with Crippen molar-refractivity contribution in [2.75, 3.05) is 7.11 Å². The maximum Gasteiger partial charge on any atom is 0.343 e. The minimum absolute atomic E-state index is 0.391. The molecule has 3 aromatic carbocycles. The molecular formula is C21H17BrO4. The van der Waals surface area contributed by atoms with Crippen LogP contribution in [-0.2, 0) is 6.61 Å². The topological polar surface area (TPSA) is 44.8 Å². The number of benzene rings is 3. The fourth-order valence-electron chi connectivity index (χ4n) is 2.30. The summed E-state index contributed by atoms with van der Waals surface area (Å²) in [6, 6.07) is 21.8. The van der Waals surface area contributed by atoms with E-state index in [1.54, 1.807) is 30.3 Å². The lowest BCUT2D eigenvalue weighted by Crippen LogP contribution is -2.09. The summed E-state index contributed by atoms with van der Waals surface area (Å²) in [5.74, 6) is 1.26. The van der Waals surface area contributed by atoms with Crippen LogP contribution in [0.2, 0.25) is 0 Å². The predicted molar refractivity (Wildman–Crippen MR) is 103 cm³/mol. The van der Waals surface area contributed by atoms with Gasteiger partial charge < -0.3 is 14.2 Å². The molecule has 132 valence electrons. The number of hydrogen-bond acceptors (Lipinski definition) is 4. The van der Waals surface area contributed by atoms with Crippen LogP contribution in [0.15, 0.2) is 77.3 Å². The van der Waals surface area contributed by atoms with Gasteiger partial charge in [-0.15, -0.1) is 0 Å². The number of ether oxygens (including phenoxy) is 3. The highest BCUT2D eigenvalue weighted by atomic mass is 79.9. The number of hydrogen-bond donors (Lipinski definition) is 0. The highest BCUT2D eigenvalue weighted by Gasteiger charge is 2.11. The Balaban J connectivity index is 1.61. The Bertz CT molecular complexity index is 873. The highest BCUT2D eigenvalue weighted by Crippen LogP contribution is 2.26. The first-order valence-electron chi connectivity index (χ1n) is 7.98. The quantitative estimate of drug-likeness (QED) is 0.409. The average Bonchev–Trinajstić information content (AvgIpc) is 2.68. The second-order valence-electron chi connectivity index (χ2n) is 5.48. The van der Waals surface area contributed by atoms with Crippen molar-refractivity contribution in [1.29, 1.82) is 0 Å². The van der Waals surface area contributed by atoms with Gasteiger partial charge in [0.2, 0.25) is 0 Å². The van der Waals surface area contributed by atoms with Crippen LogP contribution in [0.4, 0.5) is 0 Å². The van der Waals surface area contributed by atoms with E-state index in [-0.39, 0.29) is 0 Å². The normalized spacial score (nSPS) is 10.2. The molecule has 0 saturated heterocycles. The maximum atomic E-state index is 12.3. The molecule has 0 fully saturated rings. The third-order valence-electron chi connectivity index (χ3n) is 3.68. The molecule has 0 aliphatic rings. The Morgan fingerprint density at radius 3 is 2.19 bits per heavy atom. The van der Waals surface area contributed by atoms with Crippen LogP contribution in [0.25, 0.3) is 0 Å². The zero-order valence-electron chi connectivity index (χ0n) is 14.1. The lowest BCUT2D eigenvalue weighted by atomic mass is 10.1. The van der Waals surface area contributed by atoms with Crippen LogP contribution >= 0.6 is 15.9 Å². The van der Waals surface area contributed by atoms with Gasteiger partial charge in [-0.3, -0.25) is 0 Å². The van der Waals surface area contributed by atoms with E-state index in [4.69, 9.17) is 14.2 Å². The van der Waals surface area contributed by atoms with Crippen molar-refractivity contribution in [1.82, 2.24) is 0 Å². The van der Waals surface area contributed by atoms with Gasteiger partial charge in [0.05, 0.1) is 12.7 Å².